The van der Waals surface area contributed by atoms with Crippen molar-refractivity contribution in [3.05, 3.63) is 34.9 Å². The molecular weight excluding hydrogens is 653 g/mol. The van der Waals surface area contributed by atoms with Crippen LogP contribution in [0.2, 0.25) is 5.02 Å². The van der Waals surface area contributed by atoms with Gasteiger partial charge >= 0.3 is 6.18 Å². The van der Waals surface area contributed by atoms with Gasteiger partial charge in [-0.2, -0.15) is 17.5 Å². The van der Waals surface area contributed by atoms with E-state index < -0.39 is 34.3 Å². The predicted octanol–water partition coefficient (Wildman–Crippen LogP) is 5.76. The molecule has 1 aromatic carbocycles. The molecule has 3 N–H and O–H groups in total. The minimum Gasteiger partial charge on any atom is -0.376 e. The molecule has 3 aliphatic heterocycles. The van der Waals surface area contributed by atoms with Crippen molar-refractivity contribution in [2.24, 2.45) is 11.8 Å². The fourth-order valence-corrected chi connectivity index (χ4v) is 10.4. The van der Waals surface area contributed by atoms with Gasteiger partial charge in [-0.25, -0.2) is 8.42 Å². The number of halogens is 4. The van der Waals surface area contributed by atoms with Crippen molar-refractivity contribution in [3.8, 4) is 0 Å². The van der Waals surface area contributed by atoms with Crippen LogP contribution in [0.5, 0.6) is 0 Å². The molecule has 8 atom stereocenters. The summed E-state index contributed by atoms with van der Waals surface area (Å²) in [6.45, 7) is 5.83. The molecule has 4 fully saturated rings. The quantitative estimate of drug-likeness (QED) is 0.240. The second-order valence-electron chi connectivity index (χ2n) is 14.8. The second kappa shape index (κ2) is 15.6. The molecule has 2 bridgehead atoms. The fourth-order valence-electron chi connectivity index (χ4n) is 8.43. The number of piperazine rings is 1. The van der Waals surface area contributed by atoms with Gasteiger partial charge in [-0.1, -0.05) is 30.2 Å². The van der Waals surface area contributed by atoms with Crippen LogP contribution in [0.15, 0.2) is 24.3 Å². The van der Waals surface area contributed by atoms with E-state index in [1.54, 1.807) is 16.4 Å². The Morgan fingerprint density at radius 2 is 1.89 bits per heavy atom. The van der Waals surface area contributed by atoms with E-state index in [4.69, 9.17) is 16.3 Å². The number of hydrogen-bond acceptors (Lipinski definition) is 6. The number of hydrogen-bond donors (Lipinski definition) is 3. The average Bonchev–Trinajstić information content (AvgIpc) is 3.39. The number of benzene rings is 1. The molecule has 13 heteroatoms. The average molecular weight is 705 g/mol. The summed E-state index contributed by atoms with van der Waals surface area (Å²) in [6, 6.07) is 6.73. The number of carbonyl (C=O) groups is 1. The summed E-state index contributed by atoms with van der Waals surface area (Å²) in [5.41, 5.74) is 0.529. The van der Waals surface area contributed by atoms with E-state index in [1.165, 1.54) is 0 Å². The molecule has 8 nitrogen and oxygen atoms in total. The van der Waals surface area contributed by atoms with Crippen LogP contribution in [0, 0.1) is 11.8 Å². The summed E-state index contributed by atoms with van der Waals surface area (Å²) in [4.78, 5) is 14.3. The van der Waals surface area contributed by atoms with Crippen LogP contribution >= 0.6 is 11.6 Å². The van der Waals surface area contributed by atoms with E-state index in [0.717, 1.165) is 50.5 Å². The number of rotatable bonds is 12. The first-order valence-electron chi connectivity index (χ1n) is 17.4. The first-order chi connectivity index (χ1) is 22.2. The normalized spacial score (nSPS) is 31.9. The maximum Gasteiger partial charge on any atom is 0.389 e. The molecule has 3 heterocycles. The van der Waals surface area contributed by atoms with E-state index in [0.29, 0.717) is 37.6 Å². The van der Waals surface area contributed by atoms with E-state index in [-0.39, 0.29) is 60.5 Å². The van der Waals surface area contributed by atoms with Crippen LogP contribution in [0.1, 0.15) is 96.0 Å². The van der Waals surface area contributed by atoms with Crippen molar-refractivity contribution in [1.82, 2.24) is 20.3 Å². The van der Waals surface area contributed by atoms with Gasteiger partial charge in [0, 0.05) is 55.2 Å². The van der Waals surface area contributed by atoms with E-state index in [2.05, 4.69) is 16.0 Å². The van der Waals surface area contributed by atoms with Crippen LogP contribution in [-0.4, -0.2) is 86.6 Å². The van der Waals surface area contributed by atoms with Crippen LogP contribution in [-0.2, 0) is 19.6 Å². The number of carbonyl (C=O) groups excluding carboxylic acids is 1. The highest BCUT2D eigenvalue weighted by molar-refractivity contribution is 7.89. The standard InChI is InChI=1S/C34H52ClF3N4O4S/c1-33(2)20-25(15-18-46-33)30(24-9-12-26(35)13-10-24)31(39-17-5-16-34(36,37)38)32(43)41-29-8-3-6-23(29)11-14-28-21-40-27-7-4-19-47(44,45)42(28)22-27/h9-10,12-13,23,25,27-31,39-40H,3-8,11,14-22H2,1-2H3,(H,41,43)/t23-,25?,27-,28+,29+,30+,31+/m1/s1. The predicted molar refractivity (Wildman–Crippen MR) is 178 cm³/mol. The maximum atomic E-state index is 14.3. The molecule has 1 saturated carbocycles. The van der Waals surface area contributed by atoms with E-state index in [1.807, 2.05) is 26.0 Å². The third-order valence-electron chi connectivity index (χ3n) is 10.8. The summed E-state index contributed by atoms with van der Waals surface area (Å²) in [7, 11) is -3.28. The minimum absolute atomic E-state index is 0.0579. The van der Waals surface area contributed by atoms with Crippen LogP contribution < -0.4 is 16.0 Å². The summed E-state index contributed by atoms with van der Waals surface area (Å²) in [6.07, 6.45) is 1.91. The number of amides is 1. The molecule has 0 radical (unpaired) electrons. The highest BCUT2D eigenvalue weighted by atomic mass is 35.5. The van der Waals surface area contributed by atoms with Crippen LogP contribution in [0.3, 0.4) is 0 Å². The Labute approximate surface area is 283 Å². The fraction of sp³-hybridized carbons (Fsp3) is 0.794. The summed E-state index contributed by atoms with van der Waals surface area (Å²) >= 11 is 6.24. The number of nitrogens with zero attached hydrogens (tertiary/aromatic N) is 1. The largest absolute Gasteiger partial charge is 0.389 e. The van der Waals surface area contributed by atoms with Crippen LogP contribution in [0.4, 0.5) is 13.2 Å². The van der Waals surface area contributed by atoms with Gasteiger partial charge in [0.2, 0.25) is 15.9 Å². The molecule has 1 aromatic rings. The van der Waals surface area contributed by atoms with E-state index >= 15 is 0 Å². The third-order valence-corrected chi connectivity index (χ3v) is 13.0. The molecular formula is C34H52ClF3N4O4S. The third kappa shape index (κ3) is 10.1. The number of sulfonamides is 1. The lowest BCUT2D eigenvalue weighted by Gasteiger charge is -2.42. The lowest BCUT2D eigenvalue weighted by atomic mass is 9.73. The van der Waals surface area contributed by atoms with Gasteiger partial charge in [-0.3, -0.25) is 4.79 Å². The summed E-state index contributed by atoms with van der Waals surface area (Å²) < 4.78 is 72.9. The van der Waals surface area contributed by atoms with Crippen molar-refractivity contribution in [1.29, 1.82) is 0 Å². The van der Waals surface area contributed by atoms with Crippen molar-refractivity contribution >= 4 is 27.5 Å². The molecule has 5 rings (SSSR count). The van der Waals surface area contributed by atoms with Crippen molar-refractivity contribution in [2.45, 2.75) is 126 Å². The lowest BCUT2D eigenvalue weighted by Crippen LogP contribution is -2.57. The maximum absolute atomic E-state index is 14.3. The molecule has 1 amide bonds. The lowest BCUT2D eigenvalue weighted by molar-refractivity contribution is -0.135. The van der Waals surface area contributed by atoms with Gasteiger partial charge in [-0.05, 0) is 108 Å². The zero-order valence-electron chi connectivity index (χ0n) is 27.7. The first kappa shape index (κ1) is 36.8. The molecule has 0 aromatic heterocycles. The highest BCUT2D eigenvalue weighted by Crippen LogP contribution is 2.41. The highest BCUT2D eigenvalue weighted by Gasteiger charge is 2.43. The van der Waals surface area contributed by atoms with Gasteiger partial charge in [0.15, 0.2) is 0 Å². The van der Waals surface area contributed by atoms with Gasteiger partial charge < -0.3 is 20.7 Å². The van der Waals surface area contributed by atoms with Crippen molar-refractivity contribution in [3.63, 3.8) is 0 Å². The summed E-state index contributed by atoms with van der Waals surface area (Å²) in [5.74, 6) is -0.0389. The Morgan fingerprint density at radius 1 is 1.13 bits per heavy atom. The molecule has 266 valence electrons. The Hall–Kier alpha value is -1.44. The molecule has 1 aliphatic carbocycles. The number of nitrogens with one attached hydrogen (secondary N) is 3. The molecule has 0 spiro atoms. The topological polar surface area (TPSA) is 99.8 Å². The molecule has 3 saturated heterocycles. The smallest absolute Gasteiger partial charge is 0.376 e. The number of fused-ring (bicyclic) bond motifs is 2. The SMILES string of the molecule is CC1(C)CC([C@H](c2ccc(Cl)cc2)[C@H](NCCCC(F)(F)F)C(=O)N[C@H]2CCC[C@@H]2CC[C@H]2CN[C@@H]3CCCS(=O)(=O)N2C3)CCO1. The number of alkyl halides is 3. The van der Waals surface area contributed by atoms with Crippen molar-refractivity contribution < 1.29 is 31.1 Å². The number of ether oxygens (including phenoxy) is 1. The van der Waals surface area contributed by atoms with Crippen LogP contribution in [0.25, 0.3) is 0 Å². The molecule has 4 aliphatic rings. The Bertz CT molecular complexity index is 1300. The molecule has 47 heavy (non-hydrogen) atoms. The van der Waals surface area contributed by atoms with Crippen molar-refractivity contribution in [2.75, 3.05) is 32.0 Å². The Balaban J connectivity index is 1.32. The summed E-state index contributed by atoms with van der Waals surface area (Å²) in [5, 5.41) is 10.7. The van der Waals surface area contributed by atoms with Gasteiger partial charge in [0.05, 0.1) is 17.4 Å². The van der Waals surface area contributed by atoms with Gasteiger partial charge in [-0.15, -0.1) is 0 Å². The van der Waals surface area contributed by atoms with Gasteiger partial charge in [0.1, 0.15) is 0 Å². The second-order valence-corrected chi connectivity index (χ2v) is 17.2. The van der Waals surface area contributed by atoms with E-state index in [9.17, 15) is 26.4 Å². The van der Waals surface area contributed by atoms with Gasteiger partial charge in [0.25, 0.3) is 0 Å². The first-order valence-corrected chi connectivity index (χ1v) is 19.4. The zero-order valence-corrected chi connectivity index (χ0v) is 29.2. The Morgan fingerprint density at radius 3 is 2.62 bits per heavy atom. The monoisotopic (exact) mass is 704 g/mol. The molecule has 2 unspecified atom stereocenters. The minimum atomic E-state index is -4.27. The zero-order chi connectivity index (χ0) is 33.8. The Kier molecular flexibility index (Phi) is 12.2.